The van der Waals surface area contributed by atoms with E-state index < -0.39 is 11.9 Å². The fourth-order valence-electron chi connectivity index (χ4n) is 3.60. The van der Waals surface area contributed by atoms with Gasteiger partial charge in [-0.1, -0.05) is 0 Å². The molecule has 1 amide bonds. The maximum Gasteiger partial charge on any atom is 0.337 e. The van der Waals surface area contributed by atoms with Crippen LogP contribution in [0.2, 0.25) is 0 Å². The minimum absolute atomic E-state index is 0.0608. The lowest BCUT2D eigenvalue weighted by Crippen LogP contribution is -2.19. The van der Waals surface area contributed by atoms with Crippen molar-refractivity contribution >= 4 is 17.7 Å². The number of fused-ring (bicyclic) bond motifs is 1. The Labute approximate surface area is 207 Å². The molecule has 0 unspecified atom stereocenters. The fourth-order valence-corrected chi connectivity index (χ4v) is 3.60. The van der Waals surface area contributed by atoms with Crippen LogP contribution in [0.25, 0.3) is 0 Å². The Morgan fingerprint density at radius 3 is 2.50 bits per heavy atom. The highest BCUT2D eigenvalue weighted by Crippen LogP contribution is 2.36. The molecule has 2 N–H and O–H groups in total. The first-order chi connectivity index (χ1) is 17.3. The van der Waals surface area contributed by atoms with Crippen molar-refractivity contribution in [1.29, 1.82) is 0 Å². The normalized spacial score (nSPS) is 13.0. The van der Waals surface area contributed by atoms with Crippen LogP contribution in [-0.4, -0.2) is 55.0 Å². The number of carboxylic acids is 1. The number of aromatic carboxylic acids is 1. The lowest BCUT2D eigenvalue weighted by molar-refractivity contribution is 0.0695. The van der Waals surface area contributed by atoms with Gasteiger partial charge < -0.3 is 34.1 Å². The summed E-state index contributed by atoms with van der Waals surface area (Å²) in [7, 11) is 1.57. The van der Waals surface area contributed by atoms with Gasteiger partial charge in [-0.3, -0.25) is 4.79 Å². The van der Waals surface area contributed by atoms with Crippen molar-refractivity contribution in [3.05, 3.63) is 65.4 Å². The SMILES string of the molecule is COC[C@H](C)Oc1cc(Oc2ccc3c(c2)OCCO3)cc(C(=O)Nc2ccc(C(=O)O)c(C)n2)c1. The fraction of sp³-hybridized carbons (Fsp3) is 0.269. The molecule has 10 nitrogen and oxygen atoms in total. The lowest BCUT2D eigenvalue weighted by Gasteiger charge is -2.19. The number of methoxy groups -OCH3 is 1. The Morgan fingerprint density at radius 1 is 1.03 bits per heavy atom. The monoisotopic (exact) mass is 494 g/mol. The van der Waals surface area contributed by atoms with Gasteiger partial charge in [-0.2, -0.15) is 0 Å². The van der Waals surface area contributed by atoms with E-state index in [9.17, 15) is 14.7 Å². The summed E-state index contributed by atoms with van der Waals surface area (Å²) in [4.78, 5) is 28.5. The number of benzene rings is 2. The summed E-state index contributed by atoms with van der Waals surface area (Å²) in [6, 6.07) is 12.9. The second-order valence-corrected chi connectivity index (χ2v) is 8.07. The molecule has 0 saturated heterocycles. The van der Waals surface area contributed by atoms with Crippen LogP contribution in [0.4, 0.5) is 5.82 Å². The number of amides is 1. The number of nitrogens with one attached hydrogen (secondary N) is 1. The standard InChI is InChI=1S/C26H26N2O8/c1-15(14-32-3)35-19-10-17(25(29)28-24-7-5-21(26(30)31)16(2)27-24)11-20(12-19)36-18-4-6-22-23(13-18)34-9-8-33-22/h4-7,10-13,15H,8-9,14H2,1-3H3,(H,30,31)(H,27,28,29)/t15-/m0/s1. The maximum absolute atomic E-state index is 13.1. The van der Waals surface area contributed by atoms with Crippen LogP contribution >= 0.6 is 0 Å². The number of ether oxygens (including phenoxy) is 5. The van der Waals surface area contributed by atoms with Gasteiger partial charge in [0.05, 0.1) is 17.9 Å². The third kappa shape index (κ3) is 6.02. The van der Waals surface area contributed by atoms with Crippen LogP contribution in [0, 0.1) is 6.92 Å². The Kier molecular flexibility index (Phi) is 7.55. The topological polar surface area (TPSA) is 125 Å². The minimum atomic E-state index is -1.09. The van der Waals surface area contributed by atoms with Gasteiger partial charge in [-0.25, -0.2) is 9.78 Å². The number of aryl methyl sites for hydroxylation is 1. The van der Waals surface area contributed by atoms with Crippen LogP contribution in [0.3, 0.4) is 0 Å². The molecule has 188 valence electrons. The average Bonchev–Trinajstić information content (AvgIpc) is 2.83. The summed E-state index contributed by atoms with van der Waals surface area (Å²) >= 11 is 0. The quantitative estimate of drug-likeness (QED) is 0.447. The molecule has 0 saturated carbocycles. The summed E-state index contributed by atoms with van der Waals surface area (Å²) < 4.78 is 28.2. The van der Waals surface area contributed by atoms with E-state index in [1.807, 2.05) is 6.92 Å². The van der Waals surface area contributed by atoms with E-state index in [4.69, 9.17) is 23.7 Å². The zero-order chi connectivity index (χ0) is 25.7. The van der Waals surface area contributed by atoms with E-state index in [1.165, 1.54) is 12.1 Å². The van der Waals surface area contributed by atoms with Crippen molar-refractivity contribution in [3.8, 4) is 28.7 Å². The molecule has 10 heteroatoms. The maximum atomic E-state index is 13.1. The Morgan fingerprint density at radius 2 is 1.78 bits per heavy atom. The van der Waals surface area contributed by atoms with Gasteiger partial charge in [-0.05, 0) is 50.2 Å². The van der Waals surface area contributed by atoms with Crippen LogP contribution in [-0.2, 0) is 4.74 Å². The molecule has 1 aliphatic rings. The second kappa shape index (κ2) is 11.0. The number of aromatic nitrogens is 1. The number of hydrogen-bond donors (Lipinski definition) is 2. The molecule has 0 radical (unpaired) electrons. The Bertz CT molecular complexity index is 1280. The summed E-state index contributed by atoms with van der Waals surface area (Å²) in [6.45, 7) is 4.69. The molecule has 2 aromatic carbocycles. The molecular formula is C26H26N2O8. The number of anilines is 1. The molecule has 0 spiro atoms. The lowest BCUT2D eigenvalue weighted by atomic mass is 10.1. The first-order valence-electron chi connectivity index (χ1n) is 11.2. The van der Waals surface area contributed by atoms with Crippen LogP contribution in [0.5, 0.6) is 28.7 Å². The van der Waals surface area contributed by atoms with E-state index in [0.717, 1.165) is 0 Å². The molecule has 1 aromatic heterocycles. The molecule has 36 heavy (non-hydrogen) atoms. The molecule has 0 bridgehead atoms. The zero-order valence-corrected chi connectivity index (χ0v) is 20.1. The number of hydrogen-bond acceptors (Lipinski definition) is 8. The van der Waals surface area contributed by atoms with Crippen LogP contribution in [0.15, 0.2) is 48.5 Å². The molecule has 1 aliphatic heterocycles. The van der Waals surface area contributed by atoms with E-state index in [-0.39, 0.29) is 28.7 Å². The van der Waals surface area contributed by atoms with Crippen molar-refractivity contribution in [2.45, 2.75) is 20.0 Å². The van der Waals surface area contributed by atoms with Crippen LogP contribution < -0.4 is 24.3 Å². The predicted octanol–water partition coefficient (Wildman–Crippen LogP) is 4.32. The average molecular weight is 495 g/mol. The van der Waals surface area contributed by atoms with E-state index in [0.29, 0.717) is 48.6 Å². The number of nitrogens with zero attached hydrogens (tertiary/aromatic N) is 1. The zero-order valence-electron chi connectivity index (χ0n) is 20.1. The van der Waals surface area contributed by atoms with E-state index in [2.05, 4.69) is 10.3 Å². The molecular weight excluding hydrogens is 468 g/mol. The Balaban J connectivity index is 1.60. The molecule has 3 aromatic rings. The van der Waals surface area contributed by atoms with Gasteiger partial charge in [0, 0.05) is 24.8 Å². The number of carboxylic acid groups (broad SMARTS) is 1. The van der Waals surface area contributed by atoms with Crippen molar-refractivity contribution in [2.75, 3.05) is 32.2 Å². The smallest absolute Gasteiger partial charge is 0.337 e. The second-order valence-electron chi connectivity index (χ2n) is 8.07. The number of rotatable bonds is 9. The largest absolute Gasteiger partial charge is 0.488 e. The highest BCUT2D eigenvalue weighted by atomic mass is 16.6. The third-order valence-electron chi connectivity index (χ3n) is 5.19. The molecule has 4 rings (SSSR count). The van der Waals surface area contributed by atoms with Crippen molar-refractivity contribution in [2.24, 2.45) is 0 Å². The Hall–Kier alpha value is -4.31. The molecule has 1 atom stereocenters. The highest BCUT2D eigenvalue weighted by molar-refractivity contribution is 6.04. The van der Waals surface area contributed by atoms with Crippen LogP contribution in [0.1, 0.15) is 33.3 Å². The molecule has 2 heterocycles. The molecule has 0 aliphatic carbocycles. The molecule has 0 fully saturated rings. The number of carbonyl (C=O) groups is 2. The number of pyridine rings is 1. The van der Waals surface area contributed by atoms with Gasteiger partial charge in [0.2, 0.25) is 0 Å². The van der Waals surface area contributed by atoms with Gasteiger partial charge >= 0.3 is 5.97 Å². The first kappa shape index (κ1) is 24.8. The predicted molar refractivity (Wildman–Crippen MR) is 130 cm³/mol. The van der Waals surface area contributed by atoms with Gasteiger partial charge in [0.1, 0.15) is 42.4 Å². The summed E-state index contributed by atoms with van der Waals surface area (Å²) in [6.07, 6.45) is -0.275. The van der Waals surface area contributed by atoms with Crippen molar-refractivity contribution in [3.63, 3.8) is 0 Å². The van der Waals surface area contributed by atoms with Crippen molar-refractivity contribution in [1.82, 2.24) is 4.98 Å². The van der Waals surface area contributed by atoms with E-state index >= 15 is 0 Å². The number of carbonyl (C=O) groups excluding carboxylic acids is 1. The van der Waals surface area contributed by atoms with Gasteiger partial charge in [-0.15, -0.1) is 0 Å². The summed E-state index contributed by atoms with van der Waals surface area (Å²) in [5.41, 5.74) is 0.602. The van der Waals surface area contributed by atoms with E-state index in [1.54, 1.807) is 50.4 Å². The summed E-state index contributed by atoms with van der Waals surface area (Å²) in [5.74, 6) is 1.13. The minimum Gasteiger partial charge on any atom is -0.488 e. The first-order valence-corrected chi connectivity index (χ1v) is 11.2. The van der Waals surface area contributed by atoms with Gasteiger partial charge in [0.15, 0.2) is 11.5 Å². The third-order valence-corrected chi connectivity index (χ3v) is 5.19. The summed E-state index contributed by atoms with van der Waals surface area (Å²) in [5, 5.41) is 11.9. The van der Waals surface area contributed by atoms with Crippen molar-refractivity contribution < 1.29 is 38.4 Å². The highest BCUT2D eigenvalue weighted by Gasteiger charge is 2.17. The van der Waals surface area contributed by atoms with Gasteiger partial charge in [0.25, 0.3) is 5.91 Å².